The SMILES string of the molecule is O=C(NN=Cc1cccs1)C(=O)N1CCCCC1. The van der Waals surface area contributed by atoms with Crippen LogP contribution >= 0.6 is 11.3 Å². The molecular weight excluding hydrogens is 250 g/mol. The number of nitrogens with one attached hydrogen (secondary N) is 1. The number of carbonyl (C=O) groups excluding carboxylic acids is 2. The van der Waals surface area contributed by atoms with E-state index >= 15 is 0 Å². The van der Waals surface area contributed by atoms with Crippen LogP contribution < -0.4 is 5.43 Å². The molecule has 2 amide bonds. The predicted molar refractivity (Wildman–Crippen MR) is 70.5 cm³/mol. The third kappa shape index (κ3) is 3.40. The largest absolute Gasteiger partial charge is 0.334 e. The number of hydrogen-bond acceptors (Lipinski definition) is 4. The van der Waals surface area contributed by atoms with Crippen molar-refractivity contribution in [3.05, 3.63) is 22.4 Å². The molecule has 2 heterocycles. The molecule has 1 fully saturated rings. The van der Waals surface area contributed by atoms with E-state index in [9.17, 15) is 9.59 Å². The van der Waals surface area contributed by atoms with Crippen molar-refractivity contribution >= 4 is 29.4 Å². The van der Waals surface area contributed by atoms with Gasteiger partial charge < -0.3 is 4.90 Å². The molecule has 2 rings (SSSR count). The number of piperidine rings is 1. The van der Waals surface area contributed by atoms with Gasteiger partial charge in [0.1, 0.15) is 0 Å². The van der Waals surface area contributed by atoms with Gasteiger partial charge in [-0.1, -0.05) is 6.07 Å². The number of rotatable bonds is 2. The molecule has 1 aliphatic rings. The number of amides is 2. The van der Waals surface area contributed by atoms with Crippen molar-refractivity contribution < 1.29 is 9.59 Å². The van der Waals surface area contributed by atoms with Crippen LogP contribution in [-0.2, 0) is 9.59 Å². The van der Waals surface area contributed by atoms with E-state index in [-0.39, 0.29) is 0 Å². The highest BCUT2D eigenvalue weighted by Crippen LogP contribution is 2.08. The Morgan fingerprint density at radius 2 is 2.11 bits per heavy atom. The second-order valence-electron chi connectivity index (χ2n) is 4.07. The van der Waals surface area contributed by atoms with Crippen LogP contribution in [0.2, 0.25) is 0 Å². The third-order valence-electron chi connectivity index (χ3n) is 2.74. The highest BCUT2D eigenvalue weighted by Gasteiger charge is 2.22. The summed E-state index contributed by atoms with van der Waals surface area (Å²) in [6.45, 7) is 1.34. The lowest BCUT2D eigenvalue weighted by atomic mass is 10.1. The molecular formula is C12H15N3O2S. The average Bonchev–Trinajstić information content (AvgIpc) is 2.92. The molecule has 0 aliphatic carbocycles. The van der Waals surface area contributed by atoms with Gasteiger partial charge in [0.2, 0.25) is 0 Å². The van der Waals surface area contributed by atoms with E-state index in [1.54, 1.807) is 4.90 Å². The molecule has 0 spiro atoms. The van der Waals surface area contributed by atoms with Crippen LogP contribution in [0, 0.1) is 0 Å². The Balaban J connectivity index is 1.82. The van der Waals surface area contributed by atoms with Crippen LogP contribution in [0.5, 0.6) is 0 Å². The van der Waals surface area contributed by atoms with E-state index in [0.717, 1.165) is 24.1 Å². The minimum absolute atomic E-state index is 0.488. The molecule has 0 bridgehead atoms. The van der Waals surface area contributed by atoms with Gasteiger partial charge in [0.15, 0.2) is 0 Å². The smallest absolute Gasteiger partial charge is 0.329 e. The van der Waals surface area contributed by atoms with Gasteiger partial charge in [-0.05, 0) is 30.7 Å². The lowest BCUT2D eigenvalue weighted by Gasteiger charge is -2.25. The average molecular weight is 265 g/mol. The molecule has 0 saturated carbocycles. The fraction of sp³-hybridized carbons (Fsp3) is 0.417. The molecule has 5 nitrogen and oxygen atoms in total. The molecule has 18 heavy (non-hydrogen) atoms. The van der Waals surface area contributed by atoms with Crippen LogP contribution in [0.4, 0.5) is 0 Å². The van der Waals surface area contributed by atoms with Crippen molar-refractivity contribution in [2.45, 2.75) is 19.3 Å². The third-order valence-corrected chi connectivity index (χ3v) is 3.55. The van der Waals surface area contributed by atoms with E-state index in [1.807, 2.05) is 17.5 Å². The van der Waals surface area contributed by atoms with Crippen LogP contribution in [0.25, 0.3) is 0 Å². The van der Waals surface area contributed by atoms with Crippen molar-refractivity contribution in [2.24, 2.45) is 5.10 Å². The lowest BCUT2D eigenvalue weighted by molar-refractivity contribution is -0.146. The molecule has 1 aromatic rings. The quantitative estimate of drug-likeness (QED) is 0.496. The summed E-state index contributed by atoms with van der Waals surface area (Å²) in [5.74, 6) is -1.15. The molecule has 0 radical (unpaired) electrons. The Labute approximate surface area is 109 Å². The van der Waals surface area contributed by atoms with Crippen molar-refractivity contribution in [3.63, 3.8) is 0 Å². The molecule has 1 aromatic heterocycles. The summed E-state index contributed by atoms with van der Waals surface area (Å²) >= 11 is 1.52. The van der Waals surface area contributed by atoms with E-state index < -0.39 is 11.8 Å². The maximum atomic E-state index is 11.7. The highest BCUT2D eigenvalue weighted by molar-refractivity contribution is 7.11. The van der Waals surface area contributed by atoms with Crippen molar-refractivity contribution in [3.8, 4) is 0 Å². The molecule has 0 atom stereocenters. The van der Waals surface area contributed by atoms with Gasteiger partial charge in [-0.25, -0.2) is 5.43 Å². The normalized spacial score (nSPS) is 15.9. The summed E-state index contributed by atoms with van der Waals surface area (Å²) in [5, 5.41) is 5.69. The summed E-state index contributed by atoms with van der Waals surface area (Å²) in [7, 11) is 0. The number of hydrogen-bond donors (Lipinski definition) is 1. The monoisotopic (exact) mass is 265 g/mol. The van der Waals surface area contributed by atoms with Gasteiger partial charge in [-0.2, -0.15) is 5.10 Å². The first-order chi connectivity index (χ1) is 8.77. The number of nitrogens with zero attached hydrogens (tertiary/aromatic N) is 2. The Kier molecular flexibility index (Phi) is 4.46. The molecule has 1 saturated heterocycles. The molecule has 6 heteroatoms. The van der Waals surface area contributed by atoms with Crippen molar-refractivity contribution in [2.75, 3.05) is 13.1 Å². The Hall–Kier alpha value is -1.69. The first kappa shape index (κ1) is 12.8. The first-order valence-corrected chi connectivity index (χ1v) is 6.81. The summed E-state index contributed by atoms with van der Waals surface area (Å²) in [5.41, 5.74) is 2.26. The predicted octanol–water partition coefficient (Wildman–Crippen LogP) is 1.21. The Morgan fingerprint density at radius 1 is 1.33 bits per heavy atom. The highest BCUT2D eigenvalue weighted by atomic mass is 32.1. The molecule has 1 N–H and O–H groups in total. The van der Waals surface area contributed by atoms with E-state index in [2.05, 4.69) is 10.5 Å². The second kappa shape index (κ2) is 6.30. The Morgan fingerprint density at radius 3 is 2.78 bits per heavy atom. The first-order valence-electron chi connectivity index (χ1n) is 5.93. The van der Waals surface area contributed by atoms with Crippen LogP contribution in [-0.4, -0.2) is 36.0 Å². The zero-order chi connectivity index (χ0) is 12.8. The van der Waals surface area contributed by atoms with Crippen LogP contribution in [0.15, 0.2) is 22.6 Å². The van der Waals surface area contributed by atoms with Crippen molar-refractivity contribution in [1.29, 1.82) is 0 Å². The fourth-order valence-electron chi connectivity index (χ4n) is 1.81. The van der Waals surface area contributed by atoms with Gasteiger partial charge in [0.05, 0.1) is 6.21 Å². The van der Waals surface area contributed by atoms with E-state index in [1.165, 1.54) is 17.6 Å². The summed E-state index contributed by atoms with van der Waals surface area (Å²) in [6, 6.07) is 3.78. The van der Waals surface area contributed by atoms with Crippen LogP contribution in [0.3, 0.4) is 0 Å². The fourth-order valence-corrected chi connectivity index (χ4v) is 2.39. The maximum absolute atomic E-state index is 11.7. The van der Waals surface area contributed by atoms with Gasteiger partial charge in [-0.15, -0.1) is 11.3 Å². The summed E-state index contributed by atoms with van der Waals surface area (Å²) in [6.07, 6.45) is 4.60. The van der Waals surface area contributed by atoms with E-state index in [0.29, 0.717) is 13.1 Å². The second-order valence-corrected chi connectivity index (χ2v) is 5.05. The minimum Gasteiger partial charge on any atom is -0.334 e. The zero-order valence-corrected chi connectivity index (χ0v) is 10.8. The molecule has 0 unspecified atom stereocenters. The van der Waals surface area contributed by atoms with E-state index in [4.69, 9.17) is 0 Å². The number of carbonyl (C=O) groups is 2. The maximum Gasteiger partial charge on any atom is 0.329 e. The lowest BCUT2D eigenvalue weighted by Crippen LogP contribution is -2.43. The molecule has 0 aromatic carbocycles. The van der Waals surface area contributed by atoms with Gasteiger partial charge >= 0.3 is 11.8 Å². The standard InChI is InChI=1S/C12H15N3O2S/c16-11(12(17)15-6-2-1-3-7-15)14-13-9-10-5-4-8-18-10/h4-5,8-9H,1-3,6-7H2,(H,14,16). The summed E-state index contributed by atoms with van der Waals surface area (Å²) < 4.78 is 0. The van der Waals surface area contributed by atoms with Gasteiger partial charge in [-0.3, -0.25) is 9.59 Å². The van der Waals surface area contributed by atoms with Gasteiger partial charge in [0.25, 0.3) is 0 Å². The minimum atomic E-state index is -0.662. The topological polar surface area (TPSA) is 61.8 Å². The number of hydrazone groups is 1. The van der Waals surface area contributed by atoms with Crippen molar-refractivity contribution in [1.82, 2.24) is 10.3 Å². The molecule has 1 aliphatic heterocycles. The summed E-state index contributed by atoms with van der Waals surface area (Å²) in [4.78, 5) is 25.8. The Bertz CT molecular complexity index is 436. The molecule has 96 valence electrons. The van der Waals surface area contributed by atoms with Gasteiger partial charge in [0, 0.05) is 18.0 Å². The number of thiophene rings is 1. The zero-order valence-electron chi connectivity index (χ0n) is 9.96. The number of likely N-dealkylation sites (tertiary alicyclic amines) is 1. The van der Waals surface area contributed by atoms with Crippen LogP contribution in [0.1, 0.15) is 24.1 Å².